The van der Waals surface area contributed by atoms with Gasteiger partial charge < -0.3 is 16.0 Å². The Morgan fingerprint density at radius 2 is 1.92 bits per heavy atom. The van der Waals surface area contributed by atoms with E-state index >= 15 is 0 Å². The molecule has 134 valence electrons. The fraction of sp³-hybridized carbons (Fsp3) is 0.529. The Hall–Kier alpha value is -1.38. The van der Waals surface area contributed by atoms with E-state index in [0.29, 0.717) is 17.1 Å². The number of halogens is 2. The maximum Gasteiger partial charge on any atom is 0.243 e. The lowest BCUT2D eigenvalue weighted by atomic mass is 9.67. The lowest BCUT2D eigenvalue weighted by molar-refractivity contribution is -0.115. The minimum Gasteiger partial charge on any atom is -0.356 e. The summed E-state index contributed by atoms with van der Waals surface area (Å²) in [6.07, 6.45) is 4.95. The van der Waals surface area contributed by atoms with E-state index in [1.807, 2.05) is 0 Å². The number of guanidine groups is 1. The van der Waals surface area contributed by atoms with Gasteiger partial charge in [-0.3, -0.25) is 9.79 Å². The number of carbonyl (C=O) groups excluding carboxylic acids is 1. The first-order valence-electron chi connectivity index (χ1n) is 8.07. The van der Waals surface area contributed by atoms with Crippen LogP contribution in [-0.2, 0) is 4.79 Å². The van der Waals surface area contributed by atoms with E-state index in [9.17, 15) is 9.18 Å². The molecule has 1 saturated carbocycles. The molecule has 1 amide bonds. The number of hydrogen-bond donors (Lipinski definition) is 3. The second kappa shape index (κ2) is 9.80. The van der Waals surface area contributed by atoms with Gasteiger partial charge in [-0.25, -0.2) is 4.39 Å². The average molecular weight is 448 g/mol. The van der Waals surface area contributed by atoms with Gasteiger partial charge in [0.1, 0.15) is 5.82 Å². The Labute approximate surface area is 159 Å². The van der Waals surface area contributed by atoms with Crippen LogP contribution in [0.5, 0.6) is 0 Å². The highest BCUT2D eigenvalue weighted by molar-refractivity contribution is 14.0. The Kier molecular flexibility index (Phi) is 8.44. The van der Waals surface area contributed by atoms with Crippen LogP contribution in [0.25, 0.3) is 0 Å². The first-order chi connectivity index (χ1) is 11.1. The van der Waals surface area contributed by atoms with Crippen molar-refractivity contribution in [3.05, 3.63) is 30.1 Å². The summed E-state index contributed by atoms with van der Waals surface area (Å²) in [4.78, 5) is 16.0. The van der Waals surface area contributed by atoms with E-state index in [2.05, 4.69) is 27.9 Å². The zero-order chi connectivity index (χ0) is 16.7. The molecule has 3 N–H and O–H groups in total. The van der Waals surface area contributed by atoms with Crippen molar-refractivity contribution in [1.29, 1.82) is 0 Å². The lowest BCUT2D eigenvalue weighted by Crippen LogP contribution is -2.47. The molecule has 0 radical (unpaired) electrons. The van der Waals surface area contributed by atoms with Crippen LogP contribution >= 0.6 is 24.0 Å². The molecule has 24 heavy (non-hydrogen) atoms. The molecule has 1 aromatic rings. The molecule has 0 bridgehead atoms. The SMILES string of the molecule is CCC1(CNC(=NC)NCC(=O)Nc2ccc(F)cc2)CCC1.I. The van der Waals surface area contributed by atoms with E-state index < -0.39 is 0 Å². The molecule has 0 heterocycles. The highest BCUT2D eigenvalue weighted by Gasteiger charge is 2.34. The minimum atomic E-state index is -0.327. The second-order valence-corrected chi connectivity index (χ2v) is 6.04. The standard InChI is InChI=1S/C17H25FN4O.HI/c1-3-17(9-4-10-17)12-21-16(19-2)20-11-15(23)22-14-7-5-13(18)6-8-14;/h5-8H,3-4,9-12H2,1-2H3,(H,22,23)(H2,19,20,21);1H. The monoisotopic (exact) mass is 448 g/mol. The molecular weight excluding hydrogens is 422 g/mol. The first kappa shape index (κ1) is 20.7. The van der Waals surface area contributed by atoms with Crippen LogP contribution in [0.15, 0.2) is 29.3 Å². The molecule has 0 saturated heterocycles. The number of hydrogen-bond acceptors (Lipinski definition) is 2. The molecule has 1 aliphatic rings. The quantitative estimate of drug-likeness (QED) is 0.356. The number of nitrogens with one attached hydrogen (secondary N) is 3. The molecular formula is C17H26FIN4O. The summed E-state index contributed by atoms with van der Waals surface area (Å²) in [5.74, 6) is 0.0963. The predicted molar refractivity (Wildman–Crippen MR) is 106 cm³/mol. The number of nitrogens with zero attached hydrogens (tertiary/aromatic N) is 1. The molecule has 0 aromatic heterocycles. The fourth-order valence-electron chi connectivity index (χ4n) is 2.73. The average Bonchev–Trinajstić information content (AvgIpc) is 2.51. The molecule has 0 spiro atoms. The highest BCUT2D eigenvalue weighted by atomic mass is 127. The summed E-state index contributed by atoms with van der Waals surface area (Å²) in [7, 11) is 1.69. The topological polar surface area (TPSA) is 65.5 Å². The Balaban J connectivity index is 0.00000288. The van der Waals surface area contributed by atoms with Gasteiger partial charge in [-0.05, 0) is 48.9 Å². The summed E-state index contributed by atoms with van der Waals surface area (Å²) in [6, 6.07) is 5.68. The summed E-state index contributed by atoms with van der Waals surface area (Å²) >= 11 is 0. The van der Waals surface area contributed by atoms with E-state index in [1.54, 1.807) is 7.05 Å². The van der Waals surface area contributed by atoms with Crippen molar-refractivity contribution in [3.63, 3.8) is 0 Å². The van der Waals surface area contributed by atoms with Crippen LogP contribution in [-0.4, -0.2) is 32.0 Å². The summed E-state index contributed by atoms with van der Waals surface area (Å²) < 4.78 is 12.8. The maximum atomic E-state index is 12.8. The summed E-state index contributed by atoms with van der Waals surface area (Å²) in [6.45, 7) is 3.20. The van der Waals surface area contributed by atoms with E-state index in [4.69, 9.17) is 0 Å². The van der Waals surface area contributed by atoms with Crippen LogP contribution in [0, 0.1) is 11.2 Å². The minimum absolute atomic E-state index is 0. The Bertz CT molecular complexity index is 553. The van der Waals surface area contributed by atoms with Crippen LogP contribution in [0.3, 0.4) is 0 Å². The molecule has 1 aromatic carbocycles. The van der Waals surface area contributed by atoms with Crippen LogP contribution in [0.4, 0.5) is 10.1 Å². The molecule has 5 nitrogen and oxygen atoms in total. The Morgan fingerprint density at radius 3 is 2.42 bits per heavy atom. The third-order valence-electron chi connectivity index (χ3n) is 4.56. The van der Waals surface area contributed by atoms with Crippen molar-refractivity contribution in [3.8, 4) is 0 Å². The third-order valence-corrected chi connectivity index (χ3v) is 4.56. The van der Waals surface area contributed by atoms with Gasteiger partial charge in [0.25, 0.3) is 0 Å². The van der Waals surface area contributed by atoms with E-state index in [-0.39, 0.29) is 42.2 Å². The number of aliphatic imine (C=N–C) groups is 1. The molecule has 0 unspecified atom stereocenters. The largest absolute Gasteiger partial charge is 0.356 e. The van der Waals surface area contributed by atoms with Crippen molar-refractivity contribution in [2.45, 2.75) is 32.6 Å². The smallest absolute Gasteiger partial charge is 0.243 e. The molecule has 0 atom stereocenters. The van der Waals surface area contributed by atoms with Crippen molar-refractivity contribution in [2.75, 3.05) is 25.5 Å². The van der Waals surface area contributed by atoms with Gasteiger partial charge in [-0.2, -0.15) is 0 Å². The maximum absolute atomic E-state index is 12.8. The van der Waals surface area contributed by atoms with Gasteiger partial charge in [0.05, 0.1) is 6.54 Å². The highest BCUT2D eigenvalue weighted by Crippen LogP contribution is 2.42. The molecule has 2 rings (SSSR count). The van der Waals surface area contributed by atoms with Crippen molar-refractivity contribution in [2.24, 2.45) is 10.4 Å². The van der Waals surface area contributed by atoms with Gasteiger partial charge in [0, 0.05) is 19.3 Å². The zero-order valence-electron chi connectivity index (χ0n) is 14.2. The zero-order valence-corrected chi connectivity index (χ0v) is 16.5. The predicted octanol–water partition coefficient (Wildman–Crippen LogP) is 3.13. The normalized spacial score (nSPS) is 15.7. The van der Waals surface area contributed by atoms with Gasteiger partial charge in [0.2, 0.25) is 5.91 Å². The number of rotatable bonds is 6. The number of benzene rings is 1. The summed E-state index contributed by atoms with van der Waals surface area (Å²) in [5, 5.41) is 9.00. The van der Waals surface area contributed by atoms with Gasteiger partial charge in [0.15, 0.2) is 5.96 Å². The molecule has 1 fully saturated rings. The van der Waals surface area contributed by atoms with Crippen LogP contribution < -0.4 is 16.0 Å². The summed E-state index contributed by atoms with van der Waals surface area (Å²) in [5.41, 5.74) is 0.953. The van der Waals surface area contributed by atoms with E-state index in [0.717, 1.165) is 13.0 Å². The van der Waals surface area contributed by atoms with Crippen LogP contribution in [0.2, 0.25) is 0 Å². The number of carbonyl (C=O) groups is 1. The van der Waals surface area contributed by atoms with Gasteiger partial charge in [-0.15, -0.1) is 24.0 Å². The van der Waals surface area contributed by atoms with Crippen molar-refractivity contribution < 1.29 is 9.18 Å². The van der Waals surface area contributed by atoms with Crippen LogP contribution in [0.1, 0.15) is 32.6 Å². The number of amides is 1. The Morgan fingerprint density at radius 1 is 1.25 bits per heavy atom. The second-order valence-electron chi connectivity index (χ2n) is 6.04. The van der Waals surface area contributed by atoms with E-state index in [1.165, 1.54) is 43.5 Å². The first-order valence-corrected chi connectivity index (χ1v) is 8.07. The molecule has 7 heteroatoms. The third kappa shape index (κ3) is 5.92. The molecule has 1 aliphatic carbocycles. The molecule has 0 aliphatic heterocycles. The fourth-order valence-corrected chi connectivity index (χ4v) is 2.73. The van der Waals surface area contributed by atoms with Crippen molar-refractivity contribution >= 4 is 41.5 Å². The lowest BCUT2D eigenvalue weighted by Gasteiger charge is -2.41. The number of anilines is 1. The van der Waals surface area contributed by atoms with Gasteiger partial charge in [-0.1, -0.05) is 13.3 Å². The van der Waals surface area contributed by atoms with Crippen molar-refractivity contribution in [1.82, 2.24) is 10.6 Å². The van der Waals surface area contributed by atoms with Gasteiger partial charge >= 0.3 is 0 Å².